The Bertz CT molecular complexity index is 604. The molecule has 4 nitrogen and oxygen atoms in total. The summed E-state index contributed by atoms with van der Waals surface area (Å²) < 4.78 is 0. The third-order valence-electron chi connectivity index (χ3n) is 3.34. The Morgan fingerprint density at radius 2 is 1.61 bits per heavy atom. The molecule has 0 saturated carbocycles. The van der Waals surface area contributed by atoms with Crippen LogP contribution in [0.1, 0.15) is 5.56 Å². The van der Waals surface area contributed by atoms with Crippen LogP contribution >= 0.6 is 11.8 Å². The van der Waals surface area contributed by atoms with E-state index >= 15 is 0 Å². The SMILES string of the molecule is CN(C)N(C(=O)[C@@H](N)CSCc1ccccc1)c1ccccc1. The van der Waals surface area contributed by atoms with Crippen LogP contribution in [-0.2, 0) is 10.5 Å². The molecule has 0 heterocycles. The summed E-state index contributed by atoms with van der Waals surface area (Å²) in [5.74, 6) is 1.35. The number of thioether (sulfide) groups is 1. The number of benzene rings is 2. The smallest absolute Gasteiger partial charge is 0.259 e. The van der Waals surface area contributed by atoms with E-state index in [9.17, 15) is 4.79 Å². The third kappa shape index (κ3) is 5.10. The van der Waals surface area contributed by atoms with E-state index in [4.69, 9.17) is 5.73 Å². The average Bonchev–Trinajstić information content (AvgIpc) is 2.56. The van der Waals surface area contributed by atoms with Crippen LogP contribution in [0.3, 0.4) is 0 Å². The van der Waals surface area contributed by atoms with Gasteiger partial charge in [-0.15, -0.1) is 0 Å². The fourth-order valence-corrected chi connectivity index (χ4v) is 3.17. The zero-order valence-electron chi connectivity index (χ0n) is 13.6. The molecular weight excluding hydrogens is 306 g/mol. The minimum Gasteiger partial charge on any atom is -0.319 e. The summed E-state index contributed by atoms with van der Waals surface area (Å²) in [5, 5.41) is 3.38. The van der Waals surface area contributed by atoms with E-state index in [0.29, 0.717) is 5.75 Å². The molecule has 0 fully saturated rings. The Hall–Kier alpha value is -1.82. The topological polar surface area (TPSA) is 49.6 Å². The highest BCUT2D eigenvalue weighted by Crippen LogP contribution is 2.17. The monoisotopic (exact) mass is 329 g/mol. The first-order valence-electron chi connectivity index (χ1n) is 7.53. The summed E-state index contributed by atoms with van der Waals surface area (Å²) in [6, 6.07) is 19.2. The maximum Gasteiger partial charge on any atom is 0.259 e. The number of carbonyl (C=O) groups excluding carboxylic acids is 1. The van der Waals surface area contributed by atoms with Crippen LogP contribution in [-0.4, -0.2) is 36.8 Å². The van der Waals surface area contributed by atoms with Crippen LogP contribution in [0.2, 0.25) is 0 Å². The van der Waals surface area contributed by atoms with Crippen molar-refractivity contribution in [3.05, 3.63) is 66.2 Å². The molecule has 2 aromatic carbocycles. The summed E-state index contributed by atoms with van der Waals surface area (Å²) in [5.41, 5.74) is 8.18. The molecule has 0 saturated heterocycles. The fourth-order valence-electron chi connectivity index (χ4n) is 2.23. The quantitative estimate of drug-likeness (QED) is 0.794. The van der Waals surface area contributed by atoms with Crippen molar-refractivity contribution in [1.29, 1.82) is 0 Å². The van der Waals surface area contributed by atoms with Crippen molar-refractivity contribution in [3.8, 4) is 0 Å². The number of hydrogen-bond acceptors (Lipinski definition) is 4. The van der Waals surface area contributed by atoms with Gasteiger partial charge in [0, 0.05) is 25.6 Å². The van der Waals surface area contributed by atoms with Crippen LogP contribution in [0.5, 0.6) is 0 Å². The van der Waals surface area contributed by atoms with E-state index in [1.54, 1.807) is 21.8 Å². The maximum atomic E-state index is 12.7. The molecule has 0 spiro atoms. The van der Waals surface area contributed by atoms with Crippen molar-refractivity contribution in [2.24, 2.45) is 5.73 Å². The fraction of sp³-hybridized carbons (Fsp3) is 0.278. The Labute approximate surface area is 142 Å². The normalized spacial score (nSPS) is 12.2. The van der Waals surface area contributed by atoms with Crippen molar-refractivity contribution in [3.63, 3.8) is 0 Å². The first-order chi connectivity index (χ1) is 11.1. The minimum absolute atomic E-state index is 0.0956. The zero-order chi connectivity index (χ0) is 16.7. The molecule has 1 amide bonds. The highest BCUT2D eigenvalue weighted by atomic mass is 32.2. The van der Waals surface area contributed by atoms with Gasteiger partial charge in [-0.25, -0.2) is 10.0 Å². The van der Waals surface area contributed by atoms with E-state index < -0.39 is 6.04 Å². The summed E-state index contributed by atoms with van der Waals surface area (Å²) in [7, 11) is 3.68. The second-order valence-electron chi connectivity index (χ2n) is 5.44. The lowest BCUT2D eigenvalue weighted by atomic mass is 10.2. The number of anilines is 1. The predicted octanol–water partition coefficient (Wildman–Crippen LogP) is 2.76. The van der Waals surface area contributed by atoms with Crippen molar-refractivity contribution < 1.29 is 4.79 Å². The number of hydrazine groups is 1. The molecule has 2 rings (SSSR count). The summed E-state index contributed by atoms with van der Waals surface area (Å²) in [6.07, 6.45) is 0. The average molecular weight is 329 g/mol. The number of nitrogens with two attached hydrogens (primary N) is 1. The van der Waals surface area contributed by atoms with Crippen molar-refractivity contribution in [1.82, 2.24) is 5.01 Å². The lowest BCUT2D eigenvalue weighted by Crippen LogP contribution is -2.51. The van der Waals surface area contributed by atoms with Gasteiger partial charge in [-0.05, 0) is 17.7 Å². The molecule has 0 aliphatic rings. The van der Waals surface area contributed by atoms with Gasteiger partial charge in [-0.2, -0.15) is 11.8 Å². The highest BCUT2D eigenvalue weighted by Gasteiger charge is 2.24. The number of rotatable bonds is 7. The van der Waals surface area contributed by atoms with Crippen LogP contribution in [0.25, 0.3) is 0 Å². The summed E-state index contributed by atoms with van der Waals surface area (Å²) >= 11 is 1.68. The second kappa shape index (κ2) is 8.72. The number of amides is 1. The minimum atomic E-state index is -0.536. The molecule has 0 bridgehead atoms. The van der Waals surface area contributed by atoms with Crippen LogP contribution < -0.4 is 10.7 Å². The Balaban J connectivity index is 1.94. The number of hydrogen-bond donors (Lipinski definition) is 1. The van der Waals surface area contributed by atoms with Gasteiger partial charge < -0.3 is 5.73 Å². The number of carbonyl (C=O) groups is 1. The van der Waals surface area contributed by atoms with E-state index in [1.165, 1.54) is 5.56 Å². The van der Waals surface area contributed by atoms with Crippen molar-refractivity contribution in [2.45, 2.75) is 11.8 Å². The largest absolute Gasteiger partial charge is 0.319 e. The molecule has 0 unspecified atom stereocenters. The van der Waals surface area contributed by atoms with Crippen LogP contribution in [0.15, 0.2) is 60.7 Å². The first kappa shape index (κ1) is 17.5. The van der Waals surface area contributed by atoms with E-state index in [1.807, 2.05) is 62.6 Å². The maximum absolute atomic E-state index is 12.7. The summed E-state index contributed by atoms with van der Waals surface area (Å²) in [4.78, 5) is 12.7. The van der Waals surface area contributed by atoms with Gasteiger partial charge in [0.25, 0.3) is 5.91 Å². The second-order valence-corrected chi connectivity index (χ2v) is 6.47. The molecule has 23 heavy (non-hydrogen) atoms. The van der Waals surface area contributed by atoms with Gasteiger partial charge in [0.1, 0.15) is 0 Å². The van der Waals surface area contributed by atoms with Gasteiger partial charge >= 0.3 is 0 Å². The zero-order valence-corrected chi connectivity index (χ0v) is 14.4. The molecule has 5 heteroatoms. The molecule has 122 valence electrons. The molecule has 0 radical (unpaired) electrons. The van der Waals surface area contributed by atoms with E-state index in [0.717, 1.165) is 11.4 Å². The van der Waals surface area contributed by atoms with E-state index in [-0.39, 0.29) is 5.91 Å². The molecular formula is C18H23N3OS. The van der Waals surface area contributed by atoms with Gasteiger partial charge in [-0.1, -0.05) is 48.5 Å². The molecule has 0 aliphatic carbocycles. The lowest BCUT2D eigenvalue weighted by Gasteiger charge is -2.31. The van der Waals surface area contributed by atoms with Gasteiger partial charge in [0.2, 0.25) is 0 Å². The molecule has 0 aromatic heterocycles. The Kier molecular flexibility index (Phi) is 6.65. The predicted molar refractivity (Wildman–Crippen MR) is 98.2 cm³/mol. The van der Waals surface area contributed by atoms with E-state index in [2.05, 4.69) is 12.1 Å². The number of nitrogens with zero attached hydrogens (tertiary/aromatic N) is 2. The van der Waals surface area contributed by atoms with Crippen LogP contribution in [0, 0.1) is 0 Å². The van der Waals surface area contributed by atoms with Gasteiger partial charge in [0.05, 0.1) is 11.7 Å². The standard InChI is InChI=1S/C18H23N3OS/c1-20(2)21(16-11-7-4-8-12-16)18(22)17(19)14-23-13-15-9-5-3-6-10-15/h3-12,17H,13-14,19H2,1-2H3/t17-/m0/s1. The summed E-state index contributed by atoms with van der Waals surface area (Å²) in [6.45, 7) is 0. The molecule has 1 atom stereocenters. The third-order valence-corrected chi connectivity index (χ3v) is 4.47. The number of para-hydroxylation sites is 1. The Morgan fingerprint density at radius 1 is 1.04 bits per heavy atom. The Morgan fingerprint density at radius 3 is 2.17 bits per heavy atom. The van der Waals surface area contributed by atoms with Crippen LogP contribution in [0.4, 0.5) is 5.69 Å². The van der Waals surface area contributed by atoms with Gasteiger partial charge in [0.15, 0.2) is 0 Å². The lowest BCUT2D eigenvalue weighted by molar-refractivity contribution is -0.121. The van der Waals surface area contributed by atoms with Crippen molar-refractivity contribution >= 4 is 23.4 Å². The van der Waals surface area contributed by atoms with Crippen molar-refractivity contribution in [2.75, 3.05) is 24.9 Å². The molecule has 0 aliphatic heterocycles. The van der Waals surface area contributed by atoms with Gasteiger partial charge in [-0.3, -0.25) is 4.79 Å². The first-order valence-corrected chi connectivity index (χ1v) is 8.68. The molecule has 2 N–H and O–H groups in total. The molecule has 2 aromatic rings. The highest BCUT2D eigenvalue weighted by molar-refractivity contribution is 7.98.